The van der Waals surface area contributed by atoms with Crippen LogP contribution in [0.25, 0.3) is 0 Å². The Hall–Kier alpha value is -4.34. The summed E-state index contributed by atoms with van der Waals surface area (Å²) in [6.45, 7) is 2.21. The molecular weight excluding hydrogens is 410 g/mol. The van der Waals surface area contributed by atoms with Gasteiger partial charge in [-0.3, -0.25) is 24.3 Å². The second kappa shape index (κ2) is 9.21. The normalized spacial score (nSPS) is 13.5. The molecule has 10 heteroatoms. The number of nitrogens with one attached hydrogen (secondary N) is 3. The van der Waals surface area contributed by atoms with Crippen LogP contribution < -0.4 is 16.0 Å². The Kier molecular flexibility index (Phi) is 6.02. The SMILES string of the molecule is C[C@@H](C(=O)NCCNc1ccc(Nc2cccnc2)nn1)N1C(=O)c2ccccc2C1=O. The average Bonchev–Trinajstić information content (AvgIpc) is 3.08. The van der Waals surface area contributed by atoms with Crippen LogP contribution in [0.2, 0.25) is 0 Å². The first kappa shape index (κ1) is 20.9. The van der Waals surface area contributed by atoms with Gasteiger partial charge in [0.2, 0.25) is 5.91 Å². The van der Waals surface area contributed by atoms with E-state index in [1.54, 1.807) is 48.8 Å². The van der Waals surface area contributed by atoms with Gasteiger partial charge < -0.3 is 16.0 Å². The van der Waals surface area contributed by atoms with Crippen molar-refractivity contribution in [1.29, 1.82) is 0 Å². The number of rotatable bonds is 8. The van der Waals surface area contributed by atoms with E-state index in [4.69, 9.17) is 0 Å². The molecule has 1 aliphatic rings. The zero-order valence-electron chi connectivity index (χ0n) is 17.3. The van der Waals surface area contributed by atoms with Crippen molar-refractivity contribution in [2.75, 3.05) is 23.7 Å². The highest BCUT2D eigenvalue weighted by atomic mass is 16.2. The lowest BCUT2D eigenvalue weighted by Crippen LogP contribution is -2.48. The monoisotopic (exact) mass is 431 g/mol. The van der Waals surface area contributed by atoms with Crippen molar-refractivity contribution in [3.8, 4) is 0 Å². The first-order valence-corrected chi connectivity index (χ1v) is 10.0. The van der Waals surface area contributed by atoms with Crippen molar-refractivity contribution in [3.05, 3.63) is 72.1 Å². The van der Waals surface area contributed by atoms with Gasteiger partial charge in [-0.2, -0.15) is 0 Å². The van der Waals surface area contributed by atoms with Crippen LogP contribution in [0.1, 0.15) is 27.6 Å². The summed E-state index contributed by atoms with van der Waals surface area (Å²) in [6.07, 6.45) is 3.36. The summed E-state index contributed by atoms with van der Waals surface area (Å²) in [5.74, 6) is -0.206. The molecule has 3 aromatic rings. The minimum absolute atomic E-state index is 0.281. The van der Waals surface area contributed by atoms with Crippen LogP contribution in [0, 0.1) is 0 Å². The van der Waals surface area contributed by atoms with E-state index in [0.717, 1.165) is 10.6 Å². The van der Waals surface area contributed by atoms with Gasteiger partial charge in [-0.1, -0.05) is 12.1 Å². The predicted molar refractivity (Wildman–Crippen MR) is 117 cm³/mol. The molecule has 0 unspecified atom stereocenters. The quantitative estimate of drug-likeness (QED) is 0.364. The zero-order valence-corrected chi connectivity index (χ0v) is 17.3. The summed E-state index contributed by atoms with van der Waals surface area (Å²) in [5, 5.41) is 17.0. The van der Waals surface area contributed by atoms with E-state index in [1.807, 2.05) is 12.1 Å². The molecule has 1 aromatic carbocycles. The van der Waals surface area contributed by atoms with Crippen LogP contribution in [0.5, 0.6) is 0 Å². The smallest absolute Gasteiger partial charge is 0.262 e. The topological polar surface area (TPSA) is 129 Å². The number of aromatic nitrogens is 3. The van der Waals surface area contributed by atoms with Crippen molar-refractivity contribution >= 4 is 35.0 Å². The fraction of sp³-hybridized carbons (Fsp3) is 0.182. The summed E-state index contributed by atoms with van der Waals surface area (Å²) in [7, 11) is 0. The van der Waals surface area contributed by atoms with E-state index in [-0.39, 0.29) is 6.54 Å². The average molecular weight is 431 g/mol. The van der Waals surface area contributed by atoms with Gasteiger partial charge in [0.1, 0.15) is 11.9 Å². The van der Waals surface area contributed by atoms with E-state index >= 15 is 0 Å². The molecule has 0 saturated heterocycles. The minimum atomic E-state index is -0.917. The van der Waals surface area contributed by atoms with Gasteiger partial charge in [-0.05, 0) is 43.3 Å². The van der Waals surface area contributed by atoms with Crippen LogP contribution in [-0.4, -0.2) is 56.9 Å². The van der Waals surface area contributed by atoms with E-state index in [1.165, 1.54) is 6.92 Å². The maximum atomic E-state index is 12.5. The maximum Gasteiger partial charge on any atom is 0.262 e. The fourth-order valence-electron chi connectivity index (χ4n) is 3.28. The van der Waals surface area contributed by atoms with Gasteiger partial charge in [0.25, 0.3) is 11.8 Å². The van der Waals surface area contributed by atoms with Gasteiger partial charge in [0.15, 0.2) is 5.82 Å². The van der Waals surface area contributed by atoms with Gasteiger partial charge in [0, 0.05) is 19.3 Å². The molecule has 3 amide bonds. The lowest BCUT2D eigenvalue weighted by atomic mass is 10.1. The molecule has 10 nitrogen and oxygen atoms in total. The molecule has 32 heavy (non-hydrogen) atoms. The molecule has 0 spiro atoms. The van der Waals surface area contributed by atoms with E-state index < -0.39 is 23.8 Å². The fourth-order valence-corrected chi connectivity index (χ4v) is 3.28. The molecule has 0 fully saturated rings. The van der Waals surface area contributed by atoms with Crippen molar-refractivity contribution in [3.63, 3.8) is 0 Å². The molecular formula is C22H21N7O3. The second-order valence-corrected chi connectivity index (χ2v) is 7.09. The number of hydrogen-bond acceptors (Lipinski definition) is 8. The first-order chi connectivity index (χ1) is 15.5. The molecule has 0 saturated carbocycles. The summed E-state index contributed by atoms with van der Waals surface area (Å²) < 4.78 is 0. The Morgan fingerprint density at radius 2 is 1.62 bits per heavy atom. The third-order valence-corrected chi connectivity index (χ3v) is 4.92. The second-order valence-electron chi connectivity index (χ2n) is 7.09. The molecule has 0 radical (unpaired) electrons. The minimum Gasteiger partial charge on any atom is -0.367 e. The van der Waals surface area contributed by atoms with E-state index in [0.29, 0.717) is 29.3 Å². The largest absolute Gasteiger partial charge is 0.367 e. The summed E-state index contributed by atoms with van der Waals surface area (Å²) in [5.41, 5.74) is 1.44. The number of anilines is 3. The van der Waals surface area contributed by atoms with Crippen LogP contribution in [-0.2, 0) is 4.79 Å². The van der Waals surface area contributed by atoms with Gasteiger partial charge in [-0.15, -0.1) is 10.2 Å². The van der Waals surface area contributed by atoms with Crippen LogP contribution in [0.3, 0.4) is 0 Å². The Morgan fingerprint density at radius 3 is 2.25 bits per heavy atom. The molecule has 1 atom stereocenters. The Morgan fingerprint density at radius 1 is 0.938 bits per heavy atom. The third-order valence-electron chi connectivity index (χ3n) is 4.92. The first-order valence-electron chi connectivity index (χ1n) is 10.0. The van der Waals surface area contributed by atoms with Crippen LogP contribution in [0.4, 0.5) is 17.3 Å². The number of benzene rings is 1. The number of imide groups is 1. The van der Waals surface area contributed by atoms with Crippen LogP contribution >= 0.6 is 0 Å². The van der Waals surface area contributed by atoms with Gasteiger partial charge in [-0.25, -0.2) is 0 Å². The molecule has 3 N–H and O–H groups in total. The maximum absolute atomic E-state index is 12.5. The Balaban J connectivity index is 1.24. The van der Waals surface area contributed by atoms with Gasteiger partial charge >= 0.3 is 0 Å². The van der Waals surface area contributed by atoms with Crippen LogP contribution in [0.15, 0.2) is 60.9 Å². The molecule has 1 aliphatic heterocycles. The highest BCUT2D eigenvalue weighted by molar-refractivity contribution is 6.22. The molecule has 0 aliphatic carbocycles. The Bertz CT molecular complexity index is 1100. The Labute approximate surface area is 184 Å². The van der Waals surface area contributed by atoms with E-state index in [2.05, 4.69) is 31.1 Å². The molecule has 4 rings (SSSR count). The van der Waals surface area contributed by atoms with E-state index in [9.17, 15) is 14.4 Å². The van der Waals surface area contributed by atoms with Crippen molar-refractivity contribution in [2.45, 2.75) is 13.0 Å². The third kappa shape index (κ3) is 4.38. The summed E-state index contributed by atoms with van der Waals surface area (Å²) in [6, 6.07) is 12.8. The number of hydrogen-bond donors (Lipinski definition) is 3. The highest BCUT2D eigenvalue weighted by Crippen LogP contribution is 2.24. The number of fused-ring (bicyclic) bond motifs is 1. The molecule has 0 bridgehead atoms. The number of nitrogens with zero attached hydrogens (tertiary/aromatic N) is 4. The molecule has 2 aromatic heterocycles. The summed E-state index contributed by atoms with van der Waals surface area (Å²) >= 11 is 0. The number of amides is 3. The number of carbonyl (C=O) groups is 3. The summed E-state index contributed by atoms with van der Waals surface area (Å²) in [4.78, 5) is 42.5. The standard InChI is InChI=1S/C22H21N7O3/c1-14(29-21(31)16-6-2-3-7-17(16)22(29)32)20(30)25-12-11-24-18-8-9-19(28-27-18)26-15-5-4-10-23-13-15/h2-10,13-14H,11-12H2,1H3,(H,24,27)(H,25,30)(H,26,28)/t14-/m0/s1. The number of pyridine rings is 1. The zero-order chi connectivity index (χ0) is 22.5. The molecule has 162 valence electrons. The molecule has 3 heterocycles. The highest BCUT2D eigenvalue weighted by Gasteiger charge is 2.40. The predicted octanol–water partition coefficient (Wildman–Crippen LogP) is 1.83. The van der Waals surface area contributed by atoms with Crippen molar-refractivity contribution in [2.24, 2.45) is 0 Å². The van der Waals surface area contributed by atoms with Gasteiger partial charge in [0.05, 0.1) is 23.0 Å². The van der Waals surface area contributed by atoms with Crippen molar-refractivity contribution in [1.82, 2.24) is 25.4 Å². The van der Waals surface area contributed by atoms with Crippen molar-refractivity contribution < 1.29 is 14.4 Å². The number of carbonyl (C=O) groups excluding carboxylic acids is 3. The lowest BCUT2D eigenvalue weighted by molar-refractivity contribution is -0.124. The lowest BCUT2D eigenvalue weighted by Gasteiger charge is -2.21.